The van der Waals surface area contributed by atoms with Crippen LogP contribution in [0.3, 0.4) is 0 Å². The molecule has 0 amide bonds. The zero-order chi connectivity index (χ0) is 27.8. The van der Waals surface area contributed by atoms with Gasteiger partial charge in [0.05, 0.1) is 22.8 Å². The van der Waals surface area contributed by atoms with E-state index in [0.717, 1.165) is 42.1 Å². The predicted octanol–water partition coefficient (Wildman–Crippen LogP) is 11.3. The minimum absolute atomic E-state index is 0. The Balaban J connectivity index is 0.00000445. The second-order valence-electron chi connectivity index (χ2n) is 10.3. The third kappa shape index (κ3) is 12.0. The number of aryl methyl sites for hydroxylation is 4. The second kappa shape index (κ2) is 20.2. The molecule has 0 aromatic heterocycles. The fourth-order valence-electron chi connectivity index (χ4n) is 4.76. The van der Waals surface area contributed by atoms with E-state index in [-0.39, 0.29) is 16.5 Å². The molecule has 0 unspecified atom stereocenters. The summed E-state index contributed by atoms with van der Waals surface area (Å²) in [5.74, 6) is 0. The molecule has 0 aliphatic heterocycles. The van der Waals surface area contributed by atoms with Gasteiger partial charge in [0, 0.05) is 16.5 Å². The van der Waals surface area contributed by atoms with Gasteiger partial charge in [-0.05, 0) is 124 Å². The Morgan fingerprint density at radius 1 is 0.632 bits per heavy atom. The summed E-state index contributed by atoms with van der Waals surface area (Å²) >= 11 is 0. The molecule has 3 heteroatoms. The van der Waals surface area contributed by atoms with E-state index in [1.807, 2.05) is 0 Å². The van der Waals surface area contributed by atoms with Gasteiger partial charge in [0.1, 0.15) is 0 Å². The molecule has 0 fully saturated rings. The Morgan fingerprint density at radius 2 is 1.08 bits per heavy atom. The summed E-state index contributed by atoms with van der Waals surface area (Å²) in [7, 11) is 0. The molecule has 0 saturated carbocycles. The number of unbranched alkanes of at least 4 members (excludes halogenated alkanes) is 6. The molecule has 0 radical (unpaired) electrons. The molecular formula is C35H55N2Ni-. The standard InChI is InChI=1S/C33H50N2.C2H5.Ni/c1-9-12-14-15-16-17-19-30-22-31(20-24(4)27(30)7)34-28(8)33(11-3)35-32-21-25(5)26(6)29(23-32)18-13-10-2;1-2;/h20-23H,9-19H2,1-8H3;1H2,2H3;/q;-1;. The number of nitrogens with zero attached hydrogens (tertiary/aromatic N) is 2. The molecule has 0 atom stereocenters. The van der Waals surface area contributed by atoms with Crippen molar-refractivity contribution in [1.82, 2.24) is 0 Å². The zero-order valence-electron chi connectivity index (χ0n) is 26.0. The molecule has 0 saturated heterocycles. The van der Waals surface area contributed by atoms with Crippen molar-refractivity contribution < 1.29 is 16.5 Å². The maximum atomic E-state index is 5.08. The van der Waals surface area contributed by atoms with Gasteiger partial charge < -0.3 is 6.92 Å². The Hall–Kier alpha value is -1.73. The first-order chi connectivity index (χ1) is 17.8. The quantitative estimate of drug-likeness (QED) is 0.0947. The summed E-state index contributed by atoms with van der Waals surface area (Å²) in [5, 5.41) is 0. The molecular weight excluding hydrogens is 507 g/mol. The van der Waals surface area contributed by atoms with Gasteiger partial charge in [-0.2, -0.15) is 6.92 Å². The fourth-order valence-corrected chi connectivity index (χ4v) is 4.76. The van der Waals surface area contributed by atoms with Crippen molar-refractivity contribution in [2.45, 2.75) is 133 Å². The second-order valence-corrected chi connectivity index (χ2v) is 10.3. The van der Waals surface area contributed by atoms with Crippen LogP contribution in [-0.4, -0.2) is 11.4 Å². The first-order valence-electron chi connectivity index (χ1n) is 14.8. The van der Waals surface area contributed by atoms with E-state index in [1.54, 1.807) is 6.92 Å². The normalized spacial score (nSPS) is 11.6. The van der Waals surface area contributed by atoms with E-state index in [1.165, 1.54) is 84.7 Å². The molecule has 38 heavy (non-hydrogen) atoms. The van der Waals surface area contributed by atoms with Crippen molar-refractivity contribution in [2.75, 3.05) is 0 Å². The van der Waals surface area contributed by atoms with Crippen LogP contribution in [0.5, 0.6) is 0 Å². The number of hydrogen-bond acceptors (Lipinski definition) is 2. The van der Waals surface area contributed by atoms with E-state index >= 15 is 0 Å². The van der Waals surface area contributed by atoms with Crippen molar-refractivity contribution in [1.29, 1.82) is 0 Å². The van der Waals surface area contributed by atoms with Gasteiger partial charge in [0.25, 0.3) is 0 Å². The Kier molecular flexibility index (Phi) is 19.3. The van der Waals surface area contributed by atoms with Crippen LogP contribution < -0.4 is 0 Å². The van der Waals surface area contributed by atoms with Crippen molar-refractivity contribution in [3.63, 3.8) is 0 Å². The first kappa shape index (κ1) is 36.3. The van der Waals surface area contributed by atoms with E-state index in [2.05, 4.69) is 86.6 Å². The number of aliphatic imine (C=N–C) groups is 2. The molecule has 216 valence electrons. The van der Waals surface area contributed by atoms with Crippen LogP contribution in [0.15, 0.2) is 34.3 Å². The molecule has 0 N–H and O–H groups in total. The molecule has 2 nitrogen and oxygen atoms in total. The van der Waals surface area contributed by atoms with Gasteiger partial charge in [-0.3, -0.25) is 9.98 Å². The number of benzene rings is 2. The first-order valence-corrected chi connectivity index (χ1v) is 14.8. The number of rotatable bonds is 14. The summed E-state index contributed by atoms with van der Waals surface area (Å²) < 4.78 is 0. The van der Waals surface area contributed by atoms with E-state index in [9.17, 15) is 0 Å². The summed E-state index contributed by atoms with van der Waals surface area (Å²) in [4.78, 5) is 10.1. The van der Waals surface area contributed by atoms with Crippen LogP contribution in [0.1, 0.15) is 126 Å². The Morgan fingerprint density at radius 3 is 1.58 bits per heavy atom. The monoisotopic (exact) mass is 561 g/mol. The predicted molar refractivity (Wildman–Crippen MR) is 169 cm³/mol. The largest absolute Gasteiger partial charge is 0.346 e. The van der Waals surface area contributed by atoms with E-state index < -0.39 is 0 Å². The van der Waals surface area contributed by atoms with Crippen molar-refractivity contribution in [2.24, 2.45) is 9.98 Å². The van der Waals surface area contributed by atoms with Gasteiger partial charge in [0.15, 0.2) is 0 Å². The molecule has 0 aliphatic rings. The minimum atomic E-state index is 0. The minimum Gasteiger partial charge on any atom is -0.346 e. The van der Waals surface area contributed by atoms with Gasteiger partial charge in [0.2, 0.25) is 0 Å². The van der Waals surface area contributed by atoms with Crippen LogP contribution in [0.2, 0.25) is 0 Å². The molecule has 2 aromatic carbocycles. The zero-order valence-corrected chi connectivity index (χ0v) is 27.0. The number of hydrogen-bond donors (Lipinski definition) is 0. The van der Waals surface area contributed by atoms with Gasteiger partial charge >= 0.3 is 0 Å². The Bertz CT molecular complexity index is 1020. The molecule has 0 heterocycles. The maximum absolute atomic E-state index is 5.08. The average molecular weight is 563 g/mol. The molecule has 2 aromatic rings. The maximum Gasteiger partial charge on any atom is 0.0639 e. The van der Waals surface area contributed by atoms with Crippen molar-refractivity contribution in [3.8, 4) is 0 Å². The topological polar surface area (TPSA) is 24.7 Å². The summed E-state index contributed by atoms with van der Waals surface area (Å²) in [6, 6.07) is 9.05. The molecule has 0 aliphatic carbocycles. The van der Waals surface area contributed by atoms with Crippen molar-refractivity contribution in [3.05, 3.63) is 64.6 Å². The summed E-state index contributed by atoms with van der Waals surface area (Å²) in [6.45, 7) is 22.8. The van der Waals surface area contributed by atoms with Crippen LogP contribution >= 0.6 is 0 Å². The summed E-state index contributed by atoms with van der Waals surface area (Å²) in [6.07, 6.45) is 13.6. The van der Waals surface area contributed by atoms with Crippen LogP contribution in [0.25, 0.3) is 0 Å². The Labute approximate surface area is 246 Å². The third-order valence-corrected chi connectivity index (χ3v) is 7.43. The van der Waals surface area contributed by atoms with E-state index in [4.69, 9.17) is 9.98 Å². The van der Waals surface area contributed by atoms with Crippen LogP contribution in [0.4, 0.5) is 11.4 Å². The SMILES string of the molecule is CCCCCCCCc1cc(N=C(C)C(CC)=Nc2cc(C)c(C)c(CCCC)c2)cc(C)c1C.[CH2-]C.[Ni]. The molecule has 0 spiro atoms. The van der Waals surface area contributed by atoms with E-state index in [0.29, 0.717) is 0 Å². The smallest absolute Gasteiger partial charge is 0.0639 e. The fraction of sp³-hybridized carbons (Fsp3) is 0.571. The van der Waals surface area contributed by atoms with Crippen molar-refractivity contribution >= 4 is 22.8 Å². The molecule has 0 bridgehead atoms. The van der Waals surface area contributed by atoms with Crippen LogP contribution in [0, 0.1) is 34.6 Å². The van der Waals surface area contributed by atoms with Crippen LogP contribution in [-0.2, 0) is 29.3 Å². The van der Waals surface area contributed by atoms with Gasteiger partial charge in [-0.25, -0.2) is 0 Å². The summed E-state index contributed by atoms with van der Waals surface area (Å²) in [5.41, 5.74) is 12.6. The van der Waals surface area contributed by atoms with Gasteiger partial charge in [-0.15, -0.1) is 0 Å². The average Bonchev–Trinajstić information content (AvgIpc) is 2.89. The molecule has 2 rings (SSSR count). The third-order valence-electron chi connectivity index (χ3n) is 7.43. The van der Waals surface area contributed by atoms with Gasteiger partial charge in [-0.1, -0.05) is 59.3 Å².